The van der Waals surface area contributed by atoms with Gasteiger partial charge < -0.3 is 4.90 Å². The summed E-state index contributed by atoms with van der Waals surface area (Å²) >= 11 is 0. The monoisotopic (exact) mass is 217 g/mol. The lowest BCUT2D eigenvalue weighted by molar-refractivity contribution is 0.583. The van der Waals surface area contributed by atoms with E-state index in [1.165, 1.54) is 12.3 Å². The van der Waals surface area contributed by atoms with E-state index in [-0.39, 0.29) is 0 Å². The van der Waals surface area contributed by atoms with Crippen molar-refractivity contribution in [1.29, 1.82) is 0 Å². The first-order valence-corrected chi connectivity index (χ1v) is 4.97. The zero-order valence-electron chi connectivity index (χ0n) is 8.97. The van der Waals surface area contributed by atoms with Gasteiger partial charge in [0.1, 0.15) is 0 Å². The first-order valence-electron chi connectivity index (χ1n) is 4.97. The summed E-state index contributed by atoms with van der Waals surface area (Å²) in [6, 6.07) is 7.08. The molecule has 4 heteroatoms. The summed E-state index contributed by atoms with van der Waals surface area (Å²) in [6.45, 7) is 0.714. The van der Waals surface area contributed by atoms with Crippen molar-refractivity contribution in [3.8, 4) is 0 Å². The topological polar surface area (TPSA) is 29.0 Å². The average molecular weight is 217 g/mol. The summed E-state index contributed by atoms with van der Waals surface area (Å²) < 4.78 is 12.9. The van der Waals surface area contributed by atoms with E-state index in [9.17, 15) is 4.39 Å². The Balaban J connectivity index is 2.12. The van der Waals surface area contributed by atoms with Crippen molar-refractivity contribution in [2.45, 2.75) is 6.54 Å². The molecule has 0 aromatic carbocycles. The molecule has 0 bridgehead atoms. The molecule has 0 radical (unpaired) electrons. The van der Waals surface area contributed by atoms with E-state index in [1.54, 1.807) is 18.5 Å². The number of anilines is 1. The van der Waals surface area contributed by atoms with Crippen LogP contribution in [0.5, 0.6) is 0 Å². The van der Waals surface area contributed by atoms with Crippen molar-refractivity contribution >= 4 is 5.69 Å². The predicted octanol–water partition coefficient (Wildman–Crippen LogP) is 2.25. The van der Waals surface area contributed by atoms with Crippen LogP contribution in [-0.2, 0) is 6.54 Å². The number of aromatic nitrogens is 2. The van der Waals surface area contributed by atoms with Crippen LogP contribution in [0.4, 0.5) is 10.1 Å². The van der Waals surface area contributed by atoms with Crippen LogP contribution in [0.15, 0.2) is 42.9 Å². The van der Waals surface area contributed by atoms with E-state index in [4.69, 9.17) is 0 Å². The van der Waals surface area contributed by atoms with E-state index in [2.05, 4.69) is 9.97 Å². The number of hydrogen-bond donors (Lipinski definition) is 0. The zero-order chi connectivity index (χ0) is 11.4. The van der Waals surface area contributed by atoms with Crippen molar-refractivity contribution < 1.29 is 4.39 Å². The van der Waals surface area contributed by atoms with Crippen LogP contribution in [-0.4, -0.2) is 17.0 Å². The van der Waals surface area contributed by atoms with Crippen LogP contribution in [0.3, 0.4) is 0 Å². The molecule has 82 valence electrons. The zero-order valence-corrected chi connectivity index (χ0v) is 8.97. The normalized spacial score (nSPS) is 10.1. The van der Waals surface area contributed by atoms with Crippen LogP contribution >= 0.6 is 0 Å². The molecule has 2 heterocycles. The van der Waals surface area contributed by atoms with Crippen LogP contribution in [0.1, 0.15) is 5.56 Å². The van der Waals surface area contributed by atoms with Gasteiger partial charge in [-0.25, -0.2) is 4.98 Å². The summed E-state index contributed by atoms with van der Waals surface area (Å²) in [7, 11) is 1.91. The number of rotatable bonds is 3. The van der Waals surface area contributed by atoms with Gasteiger partial charge in [-0.15, -0.1) is 0 Å². The van der Waals surface area contributed by atoms with E-state index >= 15 is 0 Å². The lowest BCUT2D eigenvalue weighted by atomic mass is 10.2. The fraction of sp³-hybridized carbons (Fsp3) is 0.167. The molecule has 0 fully saturated rings. The van der Waals surface area contributed by atoms with Gasteiger partial charge in [-0.1, -0.05) is 0 Å². The van der Waals surface area contributed by atoms with Gasteiger partial charge in [0, 0.05) is 43.9 Å². The molecule has 16 heavy (non-hydrogen) atoms. The van der Waals surface area contributed by atoms with Gasteiger partial charge in [0.2, 0.25) is 5.95 Å². The van der Waals surface area contributed by atoms with Gasteiger partial charge in [-0.05, 0) is 23.8 Å². The average Bonchev–Trinajstić information content (AvgIpc) is 2.30. The van der Waals surface area contributed by atoms with E-state index in [1.807, 2.05) is 24.1 Å². The molecule has 0 saturated heterocycles. The summed E-state index contributed by atoms with van der Waals surface area (Å²) in [5.74, 6) is -0.459. The molecule has 0 aliphatic rings. The fourth-order valence-corrected chi connectivity index (χ4v) is 1.48. The number of hydrogen-bond acceptors (Lipinski definition) is 3. The molecule has 0 N–H and O–H groups in total. The quantitative estimate of drug-likeness (QED) is 0.738. The Morgan fingerprint density at radius 3 is 2.62 bits per heavy atom. The molecule has 2 aromatic heterocycles. The number of pyridine rings is 2. The molecule has 0 amide bonds. The standard InChI is InChI=1S/C12H12FN3/c1-16(9-10-2-5-14-6-3-10)11-4-7-15-12(13)8-11/h2-8H,9H2,1H3. The van der Waals surface area contributed by atoms with Crippen molar-refractivity contribution in [3.63, 3.8) is 0 Å². The Hall–Kier alpha value is -1.97. The summed E-state index contributed by atoms with van der Waals surface area (Å²) in [5.41, 5.74) is 1.94. The highest BCUT2D eigenvalue weighted by molar-refractivity contribution is 5.44. The summed E-state index contributed by atoms with van der Waals surface area (Å²) in [5, 5.41) is 0. The molecule has 3 nitrogen and oxygen atoms in total. The Morgan fingerprint density at radius 2 is 1.94 bits per heavy atom. The van der Waals surface area contributed by atoms with E-state index in [0.717, 1.165) is 11.3 Å². The second kappa shape index (κ2) is 4.70. The van der Waals surface area contributed by atoms with E-state index < -0.39 is 5.95 Å². The van der Waals surface area contributed by atoms with Gasteiger partial charge in [0.25, 0.3) is 0 Å². The van der Waals surface area contributed by atoms with Gasteiger partial charge in [0.05, 0.1) is 0 Å². The third-order valence-corrected chi connectivity index (χ3v) is 2.32. The minimum atomic E-state index is -0.459. The highest BCUT2D eigenvalue weighted by atomic mass is 19.1. The van der Waals surface area contributed by atoms with E-state index in [0.29, 0.717) is 6.54 Å². The maximum absolute atomic E-state index is 12.9. The van der Waals surface area contributed by atoms with Crippen molar-refractivity contribution in [3.05, 3.63) is 54.4 Å². The fourth-order valence-electron chi connectivity index (χ4n) is 1.48. The molecule has 0 spiro atoms. The first kappa shape index (κ1) is 10.5. The van der Waals surface area contributed by atoms with Gasteiger partial charge in [-0.3, -0.25) is 4.98 Å². The lowest BCUT2D eigenvalue weighted by Gasteiger charge is -2.18. The van der Waals surface area contributed by atoms with Crippen LogP contribution in [0.2, 0.25) is 0 Å². The molecule has 2 rings (SSSR count). The van der Waals surface area contributed by atoms with Crippen molar-refractivity contribution in [1.82, 2.24) is 9.97 Å². The van der Waals surface area contributed by atoms with Crippen molar-refractivity contribution in [2.75, 3.05) is 11.9 Å². The highest BCUT2D eigenvalue weighted by Crippen LogP contribution is 2.14. The third-order valence-electron chi connectivity index (χ3n) is 2.32. The second-order valence-electron chi connectivity index (χ2n) is 3.55. The Morgan fingerprint density at radius 1 is 1.19 bits per heavy atom. The SMILES string of the molecule is CN(Cc1ccncc1)c1ccnc(F)c1. The molecule has 0 unspecified atom stereocenters. The number of halogens is 1. The minimum absolute atomic E-state index is 0.459. The molecular formula is C12H12FN3. The lowest BCUT2D eigenvalue weighted by Crippen LogP contribution is -2.16. The molecule has 2 aromatic rings. The molecule has 0 aliphatic heterocycles. The smallest absolute Gasteiger partial charge is 0.214 e. The molecule has 0 aliphatic carbocycles. The Bertz CT molecular complexity index is 459. The Kier molecular flexibility index (Phi) is 3.10. The summed E-state index contributed by atoms with van der Waals surface area (Å²) in [4.78, 5) is 9.44. The van der Waals surface area contributed by atoms with Crippen molar-refractivity contribution in [2.24, 2.45) is 0 Å². The highest BCUT2D eigenvalue weighted by Gasteiger charge is 2.03. The van der Waals surface area contributed by atoms with Crippen LogP contribution < -0.4 is 4.90 Å². The molecule has 0 atom stereocenters. The number of nitrogens with zero attached hydrogens (tertiary/aromatic N) is 3. The van der Waals surface area contributed by atoms with Gasteiger partial charge in [-0.2, -0.15) is 4.39 Å². The maximum Gasteiger partial charge on any atom is 0.214 e. The van der Waals surface area contributed by atoms with Gasteiger partial charge in [0.15, 0.2) is 0 Å². The maximum atomic E-state index is 12.9. The molecular weight excluding hydrogens is 205 g/mol. The first-order chi connectivity index (χ1) is 7.75. The van der Waals surface area contributed by atoms with Gasteiger partial charge >= 0.3 is 0 Å². The molecule has 0 saturated carbocycles. The van der Waals surface area contributed by atoms with Crippen LogP contribution in [0.25, 0.3) is 0 Å². The predicted molar refractivity (Wildman–Crippen MR) is 60.5 cm³/mol. The largest absolute Gasteiger partial charge is 0.370 e. The minimum Gasteiger partial charge on any atom is -0.370 e. The third kappa shape index (κ3) is 2.53. The Labute approximate surface area is 93.6 Å². The second-order valence-corrected chi connectivity index (χ2v) is 3.55. The summed E-state index contributed by atoms with van der Waals surface area (Å²) in [6.07, 6.45) is 4.96. The van der Waals surface area contributed by atoms with Crippen LogP contribution in [0, 0.1) is 5.95 Å².